The van der Waals surface area contributed by atoms with Crippen LogP contribution in [0.4, 0.5) is 0 Å². The average Bonchev–Trinajstić information content (AvgIpc) is 2.08. The van der Waals surface area contributed by atoms with Crippen LogP contribution in [0.2, 0.25) is 0 Å². The number of carboxylic acid groups (broad SMARTS) is 1. The van der Waals surface area contributed by atoms with Crippen LogP contribution in [0.15, 0.2) is 23.4 Å². The third kappa shape index (κ3) is 1.84. The molecule has 1 aromatic rings. The van der Waals surface area contributed by atoms with E-state index in [1.807, 2.05) is 0 Å². The Kier molecular flexibility index (Phi) is 2.64. The van der Waals surface area contributed by atoms with Crippen molar-refractivity contribution < 1.29 is 15.1 Å². The Labute approximate surface area is 75.1 Å². The Morgan fingerprint density at radius 1 is 1.54 bits per heavy atom. The monoisotopic (exact) mass is 179 g/mol. The summed E-state index contributed by atoms with van der Waals surface area (Å²) < 4.78 is 0. The number of nitrogens with zero attached hydrogens (tertiary/aromatic N) is 1. The van der Waals surface area contributed by atoms with Crippen molar-refractivity contribution in [2.45, 2.75) is 6.92 Å². The second kappa shape index (κ2) is 3.71. The quantitative estimate of drug-likeness (QED) is 0.410. The molecule has 1 aromatic carbocycles. The van der Waals surface area contributed by atoms with Gasteiger partial charge in [0.15, 0.2) is 0 Å². The topological polar surface area (TPSA) is 69.9 Å². The molecule has 0 aliphatic heterocycles. The summed E-state index contributed by atoms with van der Waals surface area (Å²) in [6.45, 7) is 1.67. The summed E-state index contributed by atoms with van der Waals surface area (Å²) in [5, 5.41) is 19.9. The van der Waals surface area contributed by atoms with Crippen LogP contribution in [-0.4, -0.2) is 22.5 Å². The van der Waals surface area contributed by atoms with Crippen LogP contribution in [0.25, 0.3) is 0 Å². The smallest absolute Gasteiger partial charge is 0.335 e. The molecular weight excluding hydrogens is 170 g/mol. The molecule has 0 aliphatic rings. The highest BCUT2D eigenvalue weighted by molar-refractivity contribution is 5.93. The molecule has 1 rings (SSSR count). The maximum atomic E-state index is 10.7. The lowest BCUT2D eigenvalue weighted by molar-refractivity contribution is 0.0696. The van der Waals surface area contributed by atoms with E-state index in [9.17, 15) is 4.79 Å². The second-order valence-corrected chi connectivity index (χ2v) is 2.57. The van der Waals surface area contributed by atoms with E-state index in [0.717, 1.165) is 0 Å². The van der Waals surface area contributed by atoms with E-state index in [1.54, 1.807) is 19.1 Å². The van der Waals surface area contributed by atoms with Crippen molar-refractivity contribution in [2.24, 2.45) is 5.16 Å². The van der Waals surface area contributed by atoms with Crippen molar-refractivity contribution in [1.29, 1.82) is 0 Å². The molecule has 0 bridgehead atoms. The zero-order valence-corrected chi connectivity index (χ0v) is 7.06. The summed E-state index contributed by atoms with van der Waals surface area (Å²) in [7, 11) is 0. The zero-order chi connectivity index (χ0) is 9.84. The summed E-state index contributed by atoms with van der Waals surface area (Å²) in [6, 6.07) is 4.79. The maximum absolute atomic E-state index is 10.7. The van der Waals surface area contributed by atoms with Crippen LogP contribution in [0.5, 0.6) is 0 Å². The number of benzene rings is 1. The number of rotatable bonds is 2. The number of aromatic carboxylic acids is 1. The first-order valence-electron chi connectivity index (χ1n) is 3.67. The first kappa shape index (κ1) is 9.25. The molecule has 0 amide bonds. The number of carboxylic acids is 1. The van der Waals surface area contributed by atoms with Crippen LogP contribution >= 0.6 is 0 Å². The van der Waals surface area contributed by atoms with Gasteiger partial charge in [-0.25, -0.2) is 4.79 Å². The Morgan fingerprint density at radius 2 is 2.23 bits per heavy atom. The van der Waals surface area contributed by atoms with Crippen molar-refractivity contribution in [3.05, 3.63) is 34.9 Å². The minimum Gasteiger partial charge on any atom is -0.478 e. The minimum absolute atomic E-state index is 0.220. The lowest BCUT2D eigenvalue weighted by Gasteiger charge is -2.02. The van der Waals surface area contributed by atoms with Crippen molar-refractivity contribution in [3.8, 4) is 0 Å². The van der Waals surface area contributed by atoms with Gasteiger partial charge in [-0.2, -0.15) is 0 Å². The Morgan fingerprint density at radius 3 is 2.77 bits per heavy atom. The van der Waals surface area contributed by atoms with Crippen LogP contribution < -0.4 is 0 Å². The first-order chi connectivity index (χ1) is 6.16. The van der Waals surface area contributed by atoms with E-state index in [0.29, 0.717) is 11.1 Å². The number of carbonyl (C=O) groups is 1. The molecule has 0 saturated heterocycles. The van der Waals surface area contributed by atoms with E-state index in [1.165, 1.54) is 12.3 Å². The van der Waals surface area contributed by atoms with Gasteiger partial charge >= 0.3 is 5.97 Å². The van der Waals surface area contributed by atoms with Crippen LogP contribution in [-0.2, 0) is 0 Å². The minimum atomic E-state index is -0.981. The largest absolute Gasteiger partial charge is 0.478 e. The van der Waals surface area contributed by atoms with E-state index in [4.69, 9.17) is 10.3 Å². The SMILES string of the molecule is Cc1c(/C=N\O)cccc1C(=O)O. The highest BCUT2D eigenvalue weighted by Crippen LogP contribution is 2.11. The molecule has 0 fully saturated rings. The number of hydrogen-bond donors (Lipinski definition) is 2. The van der Waals surface area contributed by atoms with Gasteiger partial charge < -0.3 is 10.3 Å². The molecule has 0 aromatic heterocycles. The fourth-order valence-corrected chi connectivity index (χ4v) is 1.09. The van der Waals surface area contributed by atoms with Gasteiger partial charge in [-0.3, -0.25) is 0 Å². The van der Waals surface area contributed by atoms with E-state index in [2.05, 4.69) is 5.16 Å². The zero-order valence-electron chi connectivity index (χ0n) is 7.06. The predicted octanol–water partition coefficient (Wildman–Crippen LogP) is 1.50. The van der Waals surface area contributed by atoms with Crippen LogP contribution in [0, 0.1) is 6.92 Å². The molecule has 0 spiro atoms. The standard InChI is InChI=1S/C9H9NO3/c1-6-7(5-10-13)3-2-4-8(6)9(11)12/h2-5,13H,1H3,(H,11,12)/b10-5-. The lowest BCUT2D eigenvalue weighted by atomic mass is 10.0. The third-order valence-electron chi connectivity index (χ3n) is 1.80. The highest BCUT2D eigenvalue weighted by atomic mass is 16.4. The van der Waals surface area contributed by atoms with Crippen molar-refractivity contribution in [1.82, 2.24) is 0 Å². The van der Waals surface area contributed by atoms with Crippen molar-refractivity contribution >= 4 is 12.2 Å². The van der Waals surface area contributed by atoms with E-state index >= 15 is 0 Å². The van der Waals surface area contributed by atoms with Gasteiger partial charge in [-0.1, -0.05) is 17.3 Å². The van der Waals surface area contributed by atoms with Crippen LogP contribution in [0.1, 0.15) is 21.5 Å². The Balaban J connectivity index is 3.26. The number of hydrogen-bond acceptors (Lipinski definition) is 3. The summed E-state index contributed by atoms with van der Waals surface area (Å²) >= 11 is 0. The van der Waals surface area contributed by atoms with Crippen LogP contribution in [0.3, 0.4) is 0 Å². The highest BCUT2D eigenvalue weighted by Gasteiger charge is 2.08. The van der Waals surface area contributed by atoms with E-state index in [-0.39, 0.29) is 5.56 Å². The van der Waals surface area contributed by atoms with Gasteiger partial charge in [-0.05, 0) is 24.1 Å². The summed E-state index contributed by atoms with van der Waals surface area (Å²) in [5.74, 6) is -0.981. The van der Waals surface area contributed by atoms with Gasteiger partial charge in [0, 0.05) is 0 Å². The summed E-state index contributed by atoms with van der Waals surface area (Å²) in [5.41, 5.74) is 1.41. The average molecular weight is 179 g/mol. The van der Waals surface area contributed by atoms with Crippen molar-refractivity contribution in [3.63, 3.8) is 0 Å². The predicted molar refractivity (Wildman–Crippen MR) is 47.5 cm³/mol. The molecule has 0 atom stereocenters. The van der Waals surface area contributed by atoms with Gasteiger partial charge in [0.05, 0.1) is 11.8 Å². The van der Waals surface area contributed by atoms with Crippen molar-refractivity contribution in [2.75, 3.05) is 0 Å². The molecule has 4 heteroatoms. The normalized spacial score (nSPS) is 10.5. The summed E-state index contributed by atoms with van der Waals surface area (Å²) in [6.07, 6.45) is 1.21. The summed E-state index contributed by atoms with van der Waals surface area (Å²) in [4.78, 5) is 10.7. The molecule has 0 radical (unpaired) electrons. The Hall–Kier alpha value is -1.84. The van der Waals surface area contributed by atoms with Gasteiger partial charge in [-0.15, -0.1) is 0 Å². The molecule has 68 valence electrons. The maximum Gasteiger partial charge on any atom is 0.335 e. The molecule has 13 heavy (non-hydrogen) atoms. The van der Waals surface area contributed by atoms with Gasteiger partial charge in [0.1, 0.15) is 0 Å². The van der Waals surface area contributed by atoms with Gasteiger partial charge in [0.2, 0.25) is 0 Å². The third-order valence-corrected chi connectivity index (χ3v) is 1.80. The number of oxime groups is 1. The molecule has 0 heterocycles. The molecule has 0 unspecified atom stereocenters. The Bertz CT molecular complexity index is 358. The lowest BCUT2D eigenvalue weighted by Crippen LogP contribution is -2.01. The van der Waals surface area contributed by atoms with E-state index < -0.39 is 5.97 Å². The second-order valence-electron chi connectivity index (χ2n) is 2.57. The molecule has 2 N–H and O–H groups in total. The molecular formula is C9H9NO3. The fraction of sp³-hybridized carbons (Fsp3) is 0.111. The molecule has 0 saturated carbocycles. The first-order valence-corrected chi connectivity index (χ1v) is 3.67. The molecule has 4 nitrogen and oxygen atoms in total. The fourth-order valence-electron chi connectivity index (χ4n) is 1.09. The molecule has 0 aliphatic carbocycles. The van der Waals surface area contributed by atoms with Gasteiger partial charge in [0.25, 0.3) is 0 Å².